The van der Waals surface area contributed by atoms with Gasteiger partial charge in [0, 0.05) is 31.0 Å². The first kappa shape index (κ1) is 13.0. The molecule has 1 aliphatic rings. The number of fused-ring (bicyclic) bond motifs is 1. The predicted octanol–water partition coefficient (Wildman–Crippen LogP) is 1.82. The molecule has 2 aromatic rings. The van der Waals surface area contributed by atoms with E-state index in [9.17, 15) is 4.79 Å². The number of amides is 1. The second-order valence-corrected chi connectivity index (χ2v) is 4.61. The van der Waals surface area contributed by atoms with E-state index in [2.05, 4.69) is 15.4 Å². The highest BCUT2D eigenvalue weighted by Crippen LogP contribution is 2.14. The Hall–Kier alpha value is -2.05. The normalized spacial score (nSPS) is 18.9. The Balaban J connectivity index is 1.65. The molecule has 1 amide bonds. The van der Waals surface area contributed by atoms with Crippen molar-refractivity contribution in [3.8, 4) is 0 Å². The number of carbonyl (C=O) groups is 1. The summed E-state index contributed by atoms with van der Waals surface area (Å²) in [5.41, 5.74) is 4.33. The molecule has 0 bridgehead atoms. The van der Waals surface area contributed by atoms with Crippen LogP contribution in [0.25, 0.3) is 11.0 Å². The summed E-state index contributed by atoms with van der Waals surface area (Å²) < 4.78 is 5.38. The molecule has 6 nitrogen and oxygen atoms in total. The number of rotatable bonds is 3. The molecule has 0 radical (unpaired) electrons. The van der Waals surface area contributed by atoms with Crippen LogP contribution in [0.3, 0.4) is 0 Å². The molecular weight excluding hydrogens is 258 g/mol. The van der Waals surface area contributed by atoms with Crippen LogP contribution in [0.2, 0.25) is 0 Å². The fourth-order valence-corrected chi connectivity index (χ4v) is 2.09. The molecule has 1 unspecified atom stereocenters. The average Bonchev–Trinajstić information content (AvgIpc) is 2.53. The number of carbonyl (C=O) groups excluding carboxylic acids is 1. The maximum absolute atomic E-state index is 12.0. The monoisotopic (exact) mass is 273 g/mol. The fraction of sp³-hybridized carbons (Fsp3) is 0.357. The van der Waals surface area contributed by atoms with Gasteiger partial charge < -0.3 is 4.74 Å². The van der Waals surface area contributed by atoms with Gasteiger partial charge in [-0.15, -0.1) is 0 Å². The van der Waals surface area contributed by atoms with Crippen LogP contribution in [-0.2, 0) is 9.57 Å². The van der Waals surface area contributed by atoms with E-state index in [0.29, 0.717) is 17.7 Å². The number of hydroxylamine groups is 1. The SMILES string of the molecule is O=C(NOC1CCCCO1)c1ccc2nccnc2c1. The molecule has 1 fully saturated rings. The van der Waals surface area contributed by atoms with E-state index in [1.54, 1.807) is 30.6 Å². The highest BCUT2D eigenvalue weighted by atomic mass is 16.8. The summed E-state index contributed by atoms with van der Waals surface area (Å²) in [4.78, 5) is 25.6. The van der Waals surface area contributed by atoms with E-state index >= 15 is 0 Å². The second-order valence-electron chi connectivity index (χ2n) is 4.61. The fourth-order valence-electron chi connectivity index (χ4n) is 2.09. The van der Waals surface area contributed by atoms with Gasteiger partial charge in [0.25, 0.3) is 5.91 Å². The molecule has 0 saturated carbocycles. The molecule has 1 aromatic heterocycles. The van der Waals surface area contributed by atoms with E-state index in [1.165, 1.54) is 0 Å². The Morgan fingerprint density at radius 2 is 2.10 bits per heavy atom. The van der Waals surface area contributed by atoms with Gasteiger partial charge in [0.15, 0.2) is 6.29 Å². The van der Waals surface area contributed by atoms with Crippen molar-refractivity contribution >= 4 is 16.9 Å². The summed E-state index contributed by atoms with van der Waals surface area (Å²) >= 11 is 0. The zero-order valence-corrected chi connectivity index (χ0v) is 10.9. The Morgan fingerprint density at radius 1 is 1.25 bits per heavy atom. The maximum Gasteiger partial charge on any atom is 0.275 e. The number of nitrogens with zero attached hydrogens (tertiary/aromatic N) is 2. The largest absolute Gasteiger partial charge is 0.350 e. The van der Waals surface area contributed by atoms with Crippen LogP contribution < -0.4 is 5.48 Å². The molecule has 104 valence electrons. The topological polar surface area (TPSA) is 73.3 Å². The van der Waals surface area contributed by atoms with Crippen LogP contribution in [0.5, 0.6) is 0 Å². The number of aromatic nitrogens is 2. The maximum atomic E-state index is 12.0. The van der Waals surface area contributed by atoms with Crippen LogP contribution in [0, 0.1) is 0 Å². The smallest absolute Gasteiger partial charge is 0.275 e. The third-order valence-electron chi connectivity index (χ3n) is 3.15. The molecule has 1 saturated heterocycles. The first-order valence-electron chi connectivity index (χ1n) is 6.61. The van der Waals surface area contributed by atoms with Crippen molar-refractivity contribution in [3.05, 3.63) is 36.2 Å². The van der Waals surface area contributed by atoms with Gasteiger partial charge in [-0.3, -0.25) is 14.8 Å². The lowest BCUT2D eigenvalue weighted by Gasteiger charge is -2.22. The van der Waals surface area contributed by atoms with Crippen LogP contribution in [0.4, 0.5) is 0 Å². The Labute approximate surface area is 116 Å². The van der Waals surface area contributed by atoms with Gasteiger partial charge in [0.1, 0.15) is 0 Å². The molecule has 1 atom stereocenters. The van der Waals surface area contributed by atoms with Gasteiger partial charge in [-0.05, 0) is 31.0 Å². The average molecular weight is 273 g/mol. The first-order valence-corrected chi connectivity index (χ1v) is 6.61. The lowest BCUT2D eigenvalue weighted by atomic mass is 10.2. The van der Waals surface area contributed by atoms with Gasteiger partial charge in [0.2, 0.25) is 0 Å². The van der Waals surface area contributed by atoms with Crippen molar-refractivity contribution in [2.75, 3.05) is 6.61 Å². The highest BCUT2D eigenvalue weighted by Gasteiger charge is 2.16. The molecule has 6 heteroatoms. The van der Waals surface area contributed by atoms with Crippen LogP contribution >= 0.6 is 0 Å². The van der Waals surface area contributed by atoms with E-state index in [4.69, 9.17) is 9.57 Å². The van der Waals surface area contributed by atoms with Gasteiger partial charge in [-0.2, -0.15) is 0 Å². The molecule has 3 rings (SSSR count). The lowest BCUT2D eigenvalue weighted by molar-refractivity contribution is -0.186. The minimum atomic E-state index is -0.354. The molecule has 1 aromatic carbocycles. The van der Waals surface area contributed by atoms with Crippen molar-refractivity contribution in [2.45, 2.75) is 25.6 Å². The first-order chi connectivity index (χ1) is 9.83. The van der Waals surface area contributed by atoms with Crippen molar-refractivity contribution in [3.63, 3.8) is 0 Å². The molecule has 20 heavy (non-hydrogen) atoms. The summed E-state index contributed by atoms with van der Waals surface area (Å²) in [6, 6.07) is 5.13. The molecule has 1 N–H and O–H groups in total. The number of ether oxygens (including phenoxy) is 1. The van der Waals surface area contributed by atoms with E-state index < -0.39 is 0 Å². The standard InChI is InChI=1S/C14H15N3O3/c18-14(17-20-13-3-1-2-8-19-13)10-4-5-11-12(9-10)16-7-6-15-11/h4-7,9,13H,1-3,8H2,(H,17,18). The van der Waals surface area contributed by atoms with Crippen molar-refractivity contribution in [1.82, 2.24) is 15.4 Å². The minimum Gasteiger partial charge on any atom is -0.350 e. The summed E-state index contributed by atoms with van der Waals surface area (Å²) in [5.74, 6) is -0.313. The zero-order valence-electron chi connectivity index (χ0n) is 10.9. The molecule has 0 aliphatic carbocycles. The van der Waals surface area contributed by atoms with Crippen molar-refractivity contribution in [2.24, 2.45) is 0 Å². The lowest BCUT2D eigenvalue weighted by Crippen LogP contribution is -2.33. The third-order valence-corrected chi connectivity index (χ3v) is 3.15. The van der Waals surface area contributed by atoms with Gasteiger partial charge in [-0.25, -0.2) is 10.3 Å². The Kier molecular flexibility index (Phi) is 3.85. The minimum absolute atomic E-state index is 0.313. The summed E-state index contributed by atoms with van der Waals surface area (Å²) in [6.07, 6.45) is 5.74. The van der Waals surface area contributed by atoms with Crippen molar-refractivity contribution < 1.29 is 14.4 Å². The summed E-state index contributed by atoms with van der Waals surface area (Å²) in [5, 5.41) is 0. The Bertz CT molecular complexity index is 611. The molecule has 1 aliphatic heterocycles. The number of hydrogen-bond donors (Lipinski definition) is 1. The predicted molar refractivity (Wildman–Crippen MR) is 71.7 cm³/mol. The van der Waals surface area contributed by atoms with Crippen LogP contribution in [-0.4, -0.2) is 28.8 Å². The van der Waals surface area contributed by atoms with Crippen LogP contribution in [0.15, 0.2) is 30.6 Å². The van der Waals surface area contributed by atoms with Gasteiger partial charge >= 0.3 is 0 Å². The number of nitrogens with one attached hydrogen (secondary N) is 1. The quantitative estimate of drug-likeness (QED) is 0.863. The highest BCUT2D eigenvalue weighted by molar-refractivity contribution is 5.96. The van der Waals surface area contributed by atoms with Crippen molar-refractivity contribution in [1.29, 1.82) is 0 Å². The van der Waals surface area contributed by atoms with E-state index in [0.717, 1.165) is 24.8 Å². The van der Waals surface area contributed by atoms with Gasteiger partial charge in [0.05, 0.1) is 11.0 Å². The summed E-state index contributed by atoms with van der Waals surface area (Å²) in [6.45, 7) is 0.673. The summed E-state index contributed by atoms with van der Waals surface area (Å²) in [7, 11) is 0. The van der Waals surface area contributed by atoms with Gasteiger partial charge in [-0.1, -0.05) is 0 Å². The number of benzene rings is 1. The molecular formula is C14H15N3O3. The third kappa shape index (κ3) is 2.92. The molecule has 2 heterocycles. The molecule has 0 spiro atoms. The van der Waals surface area contributed by atoms with Crippen LogP contribution in [0.1, 0.15) is 29.6 Å². The van der Waals surface area contributed by atoms with E-state index in [1.807, 2.05) is 0 Å². The number of hydrogen-bond acceptors (Lipinski definition) is 5. The second kappa shape index (κ2) is 5.94. The Morgan fingerprint density at radius 3 is 2.90 bits per heavy atom. The zero-order chi connectivity index (χ0) is 13.8. The van der Waals surface area contributed by atoms with E-state index in [-0.39, 0.29) is 12.2 Å².